The van der Waals surface area contributed by atoms with Crippen LogP contribution in [0.2, 0.25) is 0 Å². The van der Waals surface area contributed by atoms with Crippen molar-refractivity contribution in [3.63, 3.8) is 0 Å². The summed E-state index contributed by atoms with van der Waals surface area (Å²) < 4.78 is 24.6. The second kappa shape index (κ2) is 7.19. The Morgan fingerprint density at radius 2 is 2.38 bits per heavy atom. The van der Waals surface area contributed by atoms with Crippen LogP contribution in [0.25, 0.3) is 6.08 Å². The van der Waals surface area contributed by atoms with E-state index in [1.165, 1.54) is 18.2 Å². The molecule has 6 heteroatoms. The zero-order valence-corrected chi connectivity index (χ0v) is 11.8. The van der Waals surface area contributed by atoms with Gasteiger partial charge in [-0.15, -0.1) is 0 Å². The minimum atomic E-state index is -1.08. The van der Waals surface area contributed by atoms with E-state index in [0.717, 1.165) is 19.2 Å². The third-order valence-corrected chi connectivity index (χ3v) is 3.09. The molecule has 0 aromatic heterocycles. The zero-order chi connectivity index (χ0) is 15.2. The quantitative estimate of drug-likeness (QED) is 0.837. The number of nitrogens with zero attached hydrogens (tertiary/aromatic N) is 1. The first-order valence-corrected chi connectivity index (χ1v) is 6.67. The van der Waals surface area contributed by atoms with Gasteiger partial charge >= 0.3 is 5.97 Å². The van der Waals surface area contributed by atoms with Crippen LogP contribution in [0.5, 0.6) is 5.75 Å². The molecule has 1 saturated heterocycles. The van der Waals surface area contributed by atoms with Crippen LogP contribution in [0.1, 0.15) is 5.56 Å². The number of carbonyl (C=O) groups is 1. The lowest BCUT2D eigenvalue weighted by Crippen LogP contribution is -2.42. The fraction of sp³-hybridized carbons (Fsp3) is 0.400. The molecule has 0 saturated carbocycles. The number of rotatable bonds is 5. The van der Waals surface area contributed by atoms with Crippen molar-refractivity contribution in [1.29, 1.82) is 0 Å². The van der Waals surface area contributed by atoms with Gasteiger partial charge in [0, 0.05) is 25.2 Å². The number of ether oxygens (including phenoxy) is 2. The summed E-state index contributed by atoms with van der Waals surface area (Å²) in [6.45, 7) is 2.64. The summed E-state index contributed by atoms with van der Waals surface area (Å²) in [6.07, 6.45) is 2.23. The maximum atomic E-state index is 13.5. The van der Waals surface area contributed by atoms with Crippen molar-refractivity contribution in [2.24, 2.45) is 0 Å². The SMILES string of the molecule is CN1CCOC(COc2cc(F)cc(/C=C/C(=O)O)c2)C1. The van der Waals surface area contributed by atoms with Crippen LogP contribution in [0.15, 0.2) is 24.3 Å². The van der Waals surface area contributed by atoms with Crippen LogP contribution in [0, 0.1) is 5.82 Å². The van der Waals surface area contributed by atoms with Gasteiger partial charge in [-0.2, -0.15) is 0 Å². The monoisotopic (exact) mass is 295 g/mol. The van der Waals surface area contributed by atoms with E-state index in [9.17, 15) is 9.18 Å². The highest BCUT2D eigenvalue weighted by atomic mass is 19.1. The zero-order valence-electron chi connectivity index (χ0n) is 11.8. The molecular weight excluding hydrogens is 277 g/mol. The molecule has 1 N–H and O–H groups in total. The van der Waals surface area contributed by atoms with Crippen molar-refractivity contribution in [2.45, 2.75) is 6.10 Å². The molecule has 1 aliphatic heterocycles. The maximum Gasteiger partial charge on any atom is 0.328 e. The summed E-state index contributed by atoms with van der Waals surface area (Å²) in [5.74, 6) is -1.20. The molecule has 0 amide bonds. The number of hydrogen-bond acceptors (Lipinski definition) is 4. The average Bonchev–Trinajstić information content (AvgIpc) is 2.43. The third-order valence-electron chi connectivity index (χ3n) is 3.09. The van der Waals surface area contributed by atoms with Gasteiger partial charge in [-0.25, -0.2) is 9.18 Å². The first-order valence-electron chi connectivity index (χ1n) is 6.67. The van der Waals surface area contributed by atoms with Crippen LogP contribution in [-0.4, -0.2) is 55.4 Å². The van der Waals surface area contributed by atoms with E-state index in [1.807, 2.05) is 7.05 Å². The van der Waals surface area contributed by atoms with Crippen molar-refractivity contribution in [1.82, 2.24) is 4.90 Å². The first kappa shape index (κ1) is 15.5. The molecule has 0 spiro atoms. The molecule has 1 unspecified atom stereocenters. The molecule has 0 bridgehead atoms. The summed E-state index contributed by atoms with van der Waals surface area (Å²) in [7, 11) is 2.01. The number of benzene rings is 1. The van der Waals surface area contributed by atoms with Gasteiger partial charge in [-0.05, 0) is 30.8 Å². The van der Waals surface area contributed by atoms with E-state index < -0.39 is 11.8 Å². The Morgan fingerprint density at radius 3 is 3.10 bits per heavy atom. The van der Waals surface area contributed by atoms with Crippen LogP contribution >= 0.6 is 0 Å². The lowest BCUT2D eigenvalue weighted by atomic mass is 10.2. The normalized spacial score (nSPS) is 19.8. The van der Waals surface area contributed by atoms with Gasteiger partial charge < -0.3 is 19.5 Å². The first-order chi connectivity index (χ1) is 10.0. The van der Waals surface area contributed by atoms with Crippen molar-refractivity contribution < 1.29 is 23.8 Å². The predicted octanol–water partition coefficient (Wildman–Crippen LogP) is 1.63. The Morgan fingerprint density at radius 1 is 1.57 bits per heavy atom. The van der Waals surface area contributed by atoms with E-state index >= 15 is 0 Å². The topological polar surface area (TPSA) is 59.0 Å². The smallest absolute Gasteiger partial charge is 0.328 e. The summed E-state index contributed by atoms with van der Waals surface area (Å²) >= 11 is 0. The molecule has 1 atom stereocenters. The average molecular weight is 295 g/mol. The lowest BCUT2D eigenvalue weighted by Gasteiger charge is -2.29. The summed E-state index contributed by atoms with van der Waals surface area (Å²) in [6, 6.07) is 4.11. The maximum absolute atomic E-state index is 13.5. The lowest BCUT2D eigenvalue weighted by molar-refractivity contribution is -0.131. The molecule has 1 aromatic carbocycles. The van der Waals surface area contributed by atoms with Gasteiger partial charge in [0.2, 0.25) is 0 Å². The van der Waals surface area contributed by atoms with Gasteiger partial charge in [-0.3, -0.25) is 0 Å². The molecule has 2 rings (SSSR count). The molecule has 5 nitrogen and oxygen atoms in total. The minimum absolute atomic E-state index is 0.0509. The van der Waals surface area contributed by atoms with Gasteiger partial charge in [0.25, 0.3) is 0 Å². The van der Waals surface area contributed by atoms with Crippen molar-refractivity contribution in [2.75, 3.05) is 33.4 Å². The van der Waals surface area contributed by atoms with Crippen LogP contribution in [-0.2, 0) is 9.53 Å². The molecule has 21 heavy (non-hydrogen) atoms. The van der Waals surface area contributed by atoms with Gasteiger partial charge in [0.15, 0.2) is 0 Å². The minimum Gasteiger partial charge on any atom is -0.491 e. The standard InChI is InChI=1S/C15H18FNO4/c1-17-4-5-20-14(9-17)10-21-13-7-11(2-3-15(18)19)6-12(16)8-13/h2-3,6-8,14H,4-5,9-10H2,1H3,(H,18,19)/b3-2+. The van der Waals surface area contributed by atoms with Crippen LogP contribution in [0.4, 0.5) is 4.39 Å². The number of carboxylic acids is 1. The summed E-state index contributed by atoms with van der Waals surface area (Å²) in [5, 5.41) is 8.58. The molecule has 1 aliphatic rings. The van der Waals surface area contributed by atoms with E-state index in [4.69, 9.17) is 14.6 Å². The largest absolute Gasteiger partial charge is 0.491 e. The van der Waals surface area contributed by atoms with Gasteiger partial charge in [0.05, 0.1) is 6.61 Å². The van der Waals surface area contributed by atoms with E-state index in [1.54, 1.807) is 6.07 Å². The molecule has 1 fully saturated rings. The Balaban J connectivity index is 1.97. The van der Waals surface area contributed by atoms with Crippen molar-refractivity contribution >= 4 is 12.0 Å². The van der Waals surface area contributed by atoms with E-state index in [-0.39, 0.29) is 6.10 Å². The van der Waals surface area contributed by atoms with Crippen molar-refractivity contribution in [3.8, 4) is 5.75 Å². The Bertz CT molecular complexity index is 532. The number of carboxylic acid groups (broad SMARTS) is 1. The fourth-order valence-electron chi connectivity index (χ4n) is 2.09. The van der Waals surface area contributed by atoms with E-state index in [2.05, 4.69) is 4.90 Å². The number of aliphatic carboxylic acids is 1. The fourth-order valence-corrected chi connectivity index (χ4v) is 2.09. The van der Waals surface area contributed by atoms with Crippen molar-refractivity contribution in [3.05, 3.63) is 35.7 Å². The van der Waals surface area contributed by atoms with Gasteiger partial charge in [0.1, 0.15) is 24.3 Å². The molecule has 0 radical (unpaired) electrons. The van der Waals surface area contributed by atoms with Gasteiger partial charge in [-0.1, -0.05) is 0 Å². The molecule has 1 heterocycles. The highest BCUT2D eigenvalue weighted by Crippen LogP contribution is 2.18. The number of likely N-dealkylation sites (N-methyl/N-ethyl adjacent to an activating group) is 1. The molecule has 114 valence electrons. The van der Waals surface area contributed by atoms with Crippen LogP contribution in [0.3, 0.4) is 0 Å². The van der Waals surface area contributed by atoms with Crippen LogP contribution < -0.4 is 4.74 Å². The summed E-state index contributed by atoms with van der Waals surface area (Å²) in [4.78, 5) is 12.6. The third kappa shape index (κ3) is 5.17. The second-order valence-corrected chi connectivity index (χ2v) is 4.96. The highest BCUT2D eigenvalue weighted by molar-refractivity contribution is 5.85. The number of halogens is 1. The predicted molar refractivity (Wildman–Crippen MR) is 75.8 cm³/mol. The Labute approximate surface area is 122 Å². The Hall–Kier alpha value is -1.92. The second-order valence-electron chi connectivity index (χ2n) is 4.96. The Kier molecular flexibility index (Phi) is 5.30. The van der Waals surface area contributed by atoms with E-state index in [0.29, 0.717) is 24.5 Å². The number of hydrogen-bond donors (Lipinski definition) is 1. The molecule has 1 aromatic rings. The highest BCUT2D eigenvalue weighted by Gasteiger charge is 2.18. The molecular formula is C15H18FNO4. The summed E-state index contributed by atoms with van der Waals surface area (Å²) in [5.41, 5.74) is 0.439. The molecule has 0 aliphatic carbocycles. The number of morpholine rings is 1.